The smallest absolute Gasteiger partial charge is 0.232 e. The summed E-state index contributed by atoms with van der Waals surface area (Å²) in [6.45, 7) is 4.85. The molecule has 0 N–H and O–H groups in total. The number of amides is 1. The van der Waals surface area contributed by atoms with E-state index in [1.807, 2.05) is 18.1 Å². The van der Waals surface area contributed by atoms with Gasteiger partial charge in [-0.3, -0.25) is 9.78 Å². The van der Waals surface area contributed by atoms with E-state index < -0.39 is 0 Å². The van der Waals surface area contributed by atoms with Crippen LogP contribution in [0.5, 0.6) is 5.88 Å². The predicted molar refractivity (Wildman–Crippen MR) is 112 cm³/mol. The summed E-state index contributed by atoms with van der Waals surface area (Å²) in [5.74, 6) is 2.80. The topological polar surface area (TPSA) is 55.3 Å². The minimum Gasteiger partial charge on any atom is -0.480 e. The van der Waals surface area contributed by atoms with E-state index in [0.29, 0.717) is 30.1 Å². The Labute approximate surface area is 173 Å². The average Bonchev–Trinajstić information content (AvgIpc) is 3.08. The van der Waals surface area contributed by atoms with E-state index in [1.54, 1.807) is 13.3 Å². The Hall–Kier alpha value is -2.17. The van der Waals surface area contributed by atoms with Crippen LogP contribution in [-0.2, 0) is 4.79 Å². The van der Waals surface area contributed by atoms with Crippen LogP contribution in [0.15, 0.2) is 30.2 Å². The summed E-state index contributed by atoms with van der Waals surface area (Å²) in [6.07, 6.45) is 14.6. The normalized spacial score (nSPS) is 38.6. The second-order valence-corrected chi connectivity index (χ2v) is 9.83. The molecule has 1 aliphatic heterocycles. The lowest BCUT2D eigenvalue weighted by atomic mass is 9.49. The SMILES string of the molecule is COc1cncc(C2=CC[C@H]3[C@@H]4CC=C5N(C)C(=O)CC[C@]5(C)[C@H]4CC[C@]23C)n1. The number of ether oxygens (including phenoxy) is 1. The molecule has 3 aliphatic carbocycles. The van der Waals surface area contributed by atoms with Gasteiger partial charge >= 0.3 is 0 Å². The highest BCUT2D eigenvalue weighted by atomic mass is 16.5. The van der Waals surface area contributed by atoms with Crippen molar-refractivity contribution >= 4 is 11.5 Å². The number of likely N-dealkylation sites (tertiary alicyclic amines) is 1. The van der Waals surface area contributed by atoms with E-state index >= 15 is 0 Å². The van der Waals surface area contributed by atoms with Gasteiger partial charge in [-0.1, -0.05) is 26.0 Å². The lowest BCUT2D eigenvalue weighted by Crippen LogP contribution is -2.53. The summed E-state index contributed by atoms with van der Waals surface area (Å²) in [6, 6.07) is 0. The number of nitrogens with zero attached hydrogens (tertiary/aromatic N) is 3. The third-order valence-electron chi connectivity index (χ3n) is 8.70. The van der Waals surface area contributed by atoms with Crippen LogP contribution in [0.2, 0.25) is 0 Å². The van der Waals surface area contributed by atoms with Crippen LogP contribution >= 0.6 is 0 Å². The summed E-state index contributed by atoms with van der Waals surface area (Å²) in [7, 11) is 3.61. The third-order valence-corrected chi connectivity index (χ3v) is 8.70. The van der Waals surface area contributed by atoms with Crippen LogP contribution in [0.25, 0.3) is 5.57 Å². The maximum atomic E-state index is 12.3. The van der Waals surface area contributed by atoms with Crippen molar-refractivity contribution in [1.82, 2.24) is 14.9 Å². The predicted octanol–water partition coefficient (Wildman–Crippen LogP) is 4.47. The summed E-state index contributed by atoms with van der Waals surface area (Å²) in [5.41, 5.74) is 3.87. The molecule has 1 aromatic heterocycles. The Morgan fingerprint density at radius 2 is 1.93 bits per heavy atom. The van der Waals surface area contributed by atoms with E-state index in [2.05, 4.69) is 31.0 Å². The molecule has 2 heterocycles. The molecular weight excluding hydrogens is 362 g/mol. The largest absolute Gasteiger partial charge is 0.480 e. The molecule has 154 valence electrons. The number of piperidine rings is 1. The molecule has 5 rings (SSSR count). The Bertz CT molecular complexity index is 922. The van der Waals surface area contributed by atoms with Gasteiger partial charge in [0, 0.05) is 24.6 Å². The van der Waals surface area contributed by atoms with Crippen molar-refractivity contribution in [2.75, 3.05) is 14.2 Å². The van der Waals surface area contributed by atoms with Crippen molar-refractivity contribution in [2.45, 2.75) is 52.4 Å². The number of carbonyl (C=O) groups excluding carboxylic acids is 1. The van der Waals surface area contributed by atoms with Crippen LogP contribution in [-0.4, -0.2) is 34.9 Å². The number of hydrogen-bond donors (Lipinski definition) is 0. The molecule has 1 saturated heterocycles. The van der Waals surface area contributed by atoms with Crippen LogP contribution in [0.4, 0.5) is 0 Å². The van der Waals surface area contributed by atoms with Crippen LogP contribution in [0, 0.1) is 28.6 Å². The van der Waals surface area contributed by atoms with E-state index in [1.165, 1.54) is 24.1 Å². The van der Waals surface area contributed by atoms with Gasteiger partial charge in [-0.25, -0.2) is 4.98 Å². The van der Waals surface area contributed by atoms with E-state index in [0.717, 1.165) is 25.0 Å². The lowest BCUT2D eigenvalue weighted by molar-refractivity contribution is -0.135. The first-order chi connectivity index (χ1) is 13.9. The van der Waals surface area contributed by atoms with Gasteiger partial charge in [-0.2, -0.15) is 0 Å². The van der Waals surface area contributed by atoms with E-state index in [-0.39, 0.29) is 16.7 Å². The van der Waals surface area contributed by atoms with Crippen molar-refractivity contribution in [3.05, 3.63) is 35.9 Å². The number of aromatic nitrogens is 2. The van der Waals surface area contributed by atoms with Crippen molar-refractivity contribution < 1.29 is 9.53 Å². The lowest BCUT2D eigenvalue weighted by Gasteiger charge is -2.58. The molecule has 5 nitrogen and oxygen atoms in total. The molecular formula is C24H31N3O2. The van der Waals surface area contributed by atoms with E-state index in [9.17, 15) is 4.79 Å². The summed E-state index contributed by atoms with van der Waals surface area (Å²) >= 11 is 0. The maximum absolute atomic E-state index is 12.3. The molecule has 1 aromatic rings. The Kier molecular flexibility index (Phi) is 4.17. The van der Waals surface area contributed by atoms with Gasteiger partial charge in [-0.15, -0.1) is 0 Å². The Balaban J connectivity index is 1.48. The van der Waals surface area contributed by atoms with Gasteiger partial charge in [-0.05, 0) is 60.8 Å². The second-order valence-electron chi connectivity index (χ2n) is 9.83. The number of methoxy groups -OCH3 is 1. The zero-order valence-corrected chi connectivity index (χ0v) is 17.9. The summed E-state index contributed by atoms with van der Waals surface area (Å²) in [4.78, 5) is 23.3. The number of hydrogen-bond acceptors (Lipinski definition) is 4. The number of fused-ring (bicyclic) bond motifs is 5. The highest BCUT2D eigenvalue weighted by Crippen LogP contribution is 2.65. The van der Waals surface area contributed by atoms with Gasteiger partial charge < -0.3 is 9.64 Å². The molecule has 5 heteroatoms. The van der Waals surface area contributed by atoms with Crippen LogP contribution in [0.1, 0.15) is 58.1 Å². The van der Waals surface area contributed by atoms with Crippen molar-refractivity contribution in [3.8, 4) is 5.88 Å². The van der Waals surface area contributed by atoms with Crippen molar-refractivity contribution in [3.63, 3.8) is 0 Å². The van der Waals surface area contributed by atoms with Crippen LogP contribution in [0.3, 0.4) is 0 Å². The van der Waals surface area contributed by atoms with E-state index in [4.69, 9.17) is 9.72 Å². The minimum absolute atomic E-state index is 0.130. The number of carbonyl (C=O) groups is 1. The molecule has 5 atom stereocenters. The van der Waals surface area contributed by atoms with Crippen LogP contribution < -0.4 is 4.74 Å². The first kappa shape index (κ1) is 18.8. The van der Waals surface area contributed by atoms with Gasteiger partial charge in [0.05, 0.1) is 25.2 Å². The molecule has 29 heavy (non-hydrogen) atoms. The fourth-order valence-corrected chi connectivity index (χ4v) is 7.12. The molecule has 1 amide bonds. The molecule has 1 saturated carbocycles. The van der Waals surface area contributed by atoms with Gasteiger partial charge in [0.2, 0.25) is 11.8 Å². The molecule has 0 spiro atoms. The highest BCUT2D eigenvalue weighted by Gasteiger charge is 2.57. The zero-order valence-electron chi connectivity index (χ0n) is 17.9. The average molecular weight is 394 g/mol. The quantitative estimate of drug-likeness (QED) is 0.744. The first-order valence-electron chi connectivity index (χ1n) is 10.9. The fraction of sp³-hybridized carbons (Fsp3) is 0.625. The molecule has 0 aromatic carbocycles. The number of rotatable bonds is 2. The summed E-state index contributed by atoms with van der Waals surface area (Å²) < 4.78 is 5.32. The second kappa shape index (κ2) is 6.41. The Morgan fingerprint density at radius 1 is 1.10 bits per heavy atom. The van der Waals surface area contributed by atoms with Gasteiger partial charge in [0.1, 0.15) is 0 Å². The maximum Gasteiger partial charge on any atom is 0.232 e. The molecule has 4 aliphatic rings. The van der Waals surface area contributed by atoms with Crippen molar-refractivity contribution in [2.24, 2.45) is 28.6 Å². The minimum atomic E-state index is 0.130. The molecule has 2 fully saturated rings. The monoisotopic (exact) mass is 393 g/mol. The number of allylic oxidation sites excluding steroid dienone is 4. The van der Waals surface area contributed by atoms with Crippen molar-refractivity contribution in [1.29, 1.82) is 0 Å². The molecule has 0 radical (unpaired) electrons. The highest BCUT2D eigenvalue weighted by molar-refractivity contribution is 5.79. The zero-order chi connectivity index (χ0) is 20.4. The third kappa shape index (κ3) is 2.55. The Morgan fingerprint density at radius 3 is 2.72 bits per heavy atom. The first-order valence-corrected chi connectivity index (χ1v) is 10.9. The fourth-order valence-electron chi connectivity index (χ4n) is 7.12. The summed E-state index contributed by atoms with van der Waals surface area (Å²) in [5, 5.41) is 0. The van der Waals surface area contributed by atoms with Gasteiger partial charge in [0.25, 0.3) is 0 Å². The molecule has 0 bridgehead atoms. The standard InChI is InChI=1S/C24H31N3O2/c1-23-11-9-17-15(5-8-20-24(17,2)12-10-22(28)27(20)3)16(23)6-7-18(23)19-13-25-14-21(26-19)29-4/h7-8,13-17H,5-6,9-12H2,1-4H3/t15-,16-,17-,23-,24+/m0/s1. The van der Waals surface area contributed by atoms with Gasteiger partial charge in [0.15, 0.2) is 0 Å². The molecule has 0 unspecified atom stereocenters.